The summed E-state index contributed by atoms with van der Waals surface area (Å²) in [4.78, 5) is 0. The van der Waals surface area contributed by atoms with Crippen LogP contribution in [0.1, 0.15) is 52.8 Å². The van der Waals surface area contributed by atoms with Gasteiger partial charge in [0.2, 0.25) is 0 Å². The van der Waals surface area contributed by atoms with E-state index < -0.39 is 0 Å². The summed E-state index contributed by atoms with van der Waals surface area (Å²) in [5.41, 5.74) is 4.53. The Kier molecular flexibility index (Phi) is 2.61. The van der Waals surface area contributed by atoms with Crippen LogP contribution < -0.4 is 0 Å². The third-order valence-electron chi connectivity index (χ3n) is 3.20. The van der Waals surface area contributed by atoms with E-state index in [1.54, 1.807) is 0 Å². The first kappa shape index (κ1) is 12.2. The van der Waals surface area contributed by atoms with Crippen molar-refractivity contribution < 1.29 is 0 Å². The molecular weight excluding hydrogens is 206 g/mol. The molecule has 1 heteroatoms. The molecule has 92 valence electrons. The summed E-state index contributed by atoms with van der Waals surface area (Å²) in [6.45, 7) is 13.7. The summed E-state index contributed by atoms with van der Waals surface area (Å²) in [7, 11) is 0. The van der Waals surface area contributed by atoms with Crippen LogP contribution in [0.2, 0.25) is 0 Å². The summed E-state index contributed by atoms with van der Waals surface area (Å²) >= 11 is 0. The molecule has 0 saturated carbocycles. The average Bonchev–Trinajstić information content (AvgIpc) is 2.54. The third-order valence-corrected chi connectivity index (χ3v) is 3.20. The minimum absolute atomic E-state index is 0.163. The van der Waals surface area contributed by atoms with Gasteiger partial charge in [0.05, 0.1) is 0 Å². The molecule has 0 atom stereocenters. The van der Waals surface area contributed by atoms with Crippen LogP contribution >= 0.6 is 0 Å². The molecule has 0 saturated heterocycles. The first-order valence-electron chi connectivity index (χ1n) is 6.32. The van der Waals surface area contributed by atoms with Gasteiger partial charge in [-0.1, -0.05) is 47.6 Å². The summed E-state index contributed by atoms with van der Waals surface area (Å²) in [6, 6.07) is 8.73. The Morgan fingerprint density at radius 3 is 2.06 bits per heavy atom. The maximum atomic E-state index is 2.33. The van der Waals surface area contributed by atoms with Crippen molar-refractivity contribution in [3.63, 3.8) is 0 Å². The zero-order valence-corrected chi connectivity index (χ0v) is 11.8. The summed E-state index contributed by atoms with van der Waals surface area (Å²) in [5.74, 6) is 0. The molecule has 2 heterocycles. The molecule has 0 fully saturated rings. The van der Waals surface area contributed by atoms with E-state index in [2.05, 4.69) is 76.4 Å². The van der Waals surface area contributed by atoms with E-state index >= 15 is 0 Å². The lowest BCUT2D eigenvalue weighted by Crippen LogP contribution is -2.22. The monoisotopic (exact) mass is 229 g/mol. The first-order valence-corrected chi connectivity index (χ1v) is 6.32. The Bertz CT molecular complexity index is 533. The van der Waals surface area contributed by atoms with Gasteiger partial charge >= 0.3 is 0 Å². The van der Waals surface area contributed by atoms with Gasteiger partial charge in [-0.15, -0.1) is 0 Å². The molecular formula is C16H23N. The highest BCUT2D eigenvalue weighted by Gasteiger charge is 2.28. The predicted molar refractivity (Wildman–Crippen MR) is 74.8 cm³/mol. The van der Waals surface area contributed by atoms with Gasteiger partial charge in [0.1, 0.15) is 0 Å². The van der Waals surface area contributed by atoms with E-state index in [4.69, 9.17) is 0 Å². The molecule has 0 aliphatic rings. The van der Waals surface area contributed by atoms with Crippen LogP contribution in [0, 0.1) is 0 Å². The molecule has 0 N–H and O–H groups in total. The molecule has 0 radical (unpaired) electrons. The topological polar surface area (TPSA) is 4.41 Å². The SMILES string of the molecule is CC(C)(C)c1cc2ccccn2c1C(C)(C)C. The maximum absolute atomic E-state index is 2.33. The van der Waals surface area contributed by atoms with Gasteiger partial charge in [-0.2, -0.15) is 0 Å². The van der Waals surface area contributed by atoms with Crippen molar-refractivity contribution in [2.45, 2.75) is 52.4 Å². The van der Waals surface area contributed by atoms with Crippen LogP contribution in [0.3, 0.4) is 0 Å². The quantitative estimate of drug-likeness (QED) is 0.625. The lowest BCUT2D eigenvalue weighted by molar-refractivity contribution is 0.515. The zero-order chi connectivity index (χ0) is 12.8. The molecule has 0 unspecified atom stereocenters. The normalized spacial score (nSPS) is 13.3. The highest BCUT2D eigenvalue weighted by atomic mass is 14.9. The number of rotatable bonds is 0. The standard InChI is InChI=1S/C16H23N/c1-15(2,3)13-11-12-9-7-8-10-17(12)14(13)16(4,5)6/h7-11H,1-6H3. The molecule has 2 rings (SSSR count). The van der Waals surface area contributed by atoms with E-state index in [9.17, 15) is 0 Å². The van der Waals surface area contributed by atoms with Gasteiger partial charge in [-0.05, 0) is 29.2 Å². The zero-order valence-electron chi connectivity index (χ0n) is 11.8. The molecule has 0 aliphatic carbocycles. The van der Waals surface area contributed by atoms with Crippen LogP contribution in [0.15, 0.2) is 30.5 Å². The lowest BCUT2D eigenvalue weighted by atomic mass is 9.79. The Labute approximate surface area is 104 Å². The minimum atomic E-state index is 0.163. The van der Waals surface area contributed by atoms with Gasteiger partial charge in [-0.25, -0.2) is 0 Å². The summed E-state index contributed by atoms with van der Waals surface area (Å²) in [6.07, 6.45) is 2.17. The second kappa shape index (κ2) is 3.63. The van der Waals surface area contributed by atoms with Crippen LogP contribution in [0.25, 0.3) is 5.52 Å². The van der Waals surface area contributed by atoms with E-state index in [1.165, 1.54) is 16.8 Å². The minimum Gasteiger partial charge on any atom is -0.320 e. The fraction of sp³-hybridized carbons (Fsp3) is 0.500. The van der Waals surface area contributed by atoms with Crippen LogP contribution in [0.4, 0.5) is 0 Å². The number of hydrogen-bond acceptors (Lipinski definition) is 0. The highest BCUT2D eigenvalue weighted by molar-refractivity contribution is 5.56. The van der Waals surface area contributed by atoms with Crippen molar-refractivity contribution in [3.8, 4) is 0 Å². The van der Waals surface area contributed by atoms with Crippen molar-refractivity contribution in [3.05, 3.63) is 41.7 Å². The number of fused-ring (bicyclic) bond motifs is 1. The Morgan fingerprint density at radius 2 is 1.53 bits per heavy atom. The molecule has 2 aromatic rings. The van der Waals surface area contributed by atoms with Gasteiger partial charge in [0, 0.05) is 22.8 Å². The fourth-order valence-corrected chi connectivity index (χ4v) is 2.46. The van der Waals surface area contributed by atoms with Crippen LogP contribution in [0.5, 0.6) is 0 Å². The molecule has 17 heavy (non-hydrogen) atoms. The number of pyridine rings is 1. The molecule has 0 aliphatic heterocycles. The average molecular weight is 229 g/mol. The van der Waals surface area contributed by atoms with E-state index in [0.29, 0.717) is 0 Å². The molecule has 0 spiro atoms. The fourth-order valence-electron chi connectivity index (χ4n) is 2.46. The predicted octanol–water partition coefficient (Wildman–Crippen LogP) is 4.53. The Morgan fingerprint density at radius 1 is 0.882 bits per heavy atom. The van der Waals surface area contributed by atoms with Gasteiger partial charge < -0.3 is 4.40 Å². The summed E-state index contributed by atoms with van der Waals surface area (Å²) < 4.78 is 2.33. The Hall–Kier alpha value is -1.24. The molecule has 1 nitrogen and oxygen atoms in total. The van der Waals surface area contributed by atoms with E-state index in [1.807, 2.05) is 0 Å². The van der Waals surface area contributed by atoms with Gasteiger partial charge in [0.25, 0.3) is 0 Å². The van der Waals surface area contributed by atoms with E-state index in [0.717, 1.165) is 0 Å². The summed E-state index contributed by atoms with van der Waals surface area (Å²) in [5, 5.41) is 0. The van der Waals surface area contributed by atoms with Crippen molar-refractivity contribution in [1.82, 2.24) is 4.40 Å². The van der Waals surface area contributed by atoms with E-state index in [-0.39, 0.29) is 10.8 Å². The number of nitrogens with zero attached hydrogens (tertiary/aromatic N) is 1. The number of aromatic nitrogens is 1. The smallest absolute Gasteiger partial charge is 0.0456 e. The van der Waals surface area contributed by atoms with Crippen molar-refractivity contribution in [2.75, 3.05) is 0 Å². The van der Waals surface area contributed by atoms with Crippen LogP contribution in [-0.2, 0) is 10.8 Å². The van der Waals surface area contributed by atoms with Gasteiger partial charge in [0.15, 0.2) is 0 Å². The Balaban J connectivity index is 2.84. The first-order chi connectivity index (χ1) is 7.71. The molecule has 0 bridgehead atoms. The second-order valence-electron chi connectivity index (χ2n) is 6.90. The third kappa shape index (κ3) is 2.11. The molecule has 2 aromatic heterocycles. The second-order valence-corrected chi connectivity index (χ2v) is 6.90. The molecule has 0 amide bonds. The maximum Gasteiger partial charge on any atom is 0.0456 e. The van der Waals surface area contributed by atoms with Crippen LogP contribution in [-0.4, -0.2) is 4.40 Å². The van der Waals surface area contributed by atoms with Crippen molar-refractivity contribution in [1.29, 1.82) is 0 Å². The number of hydrogen-bond donors (Lipinski definition) is 0. The van der Waals surface area contributed by atoms with Gasteiger partial charge in [-0.3, -0.25) is 0 Å². The van der Waals surface area contributed by atoms with Crippen molar-refractivity contribution in [2.24, 2.45) is 0 Å². The lowest BCUT2D eigenvalue weighted by Gasteiger charge is -2.27. The molecule has 0 aromatic carbocycles. The largest absolute Gasteiger partial charge is 0.320 e. The van der Waals surface area contributed by atoms with Crippen molar-refractivity contribution >= 4 is 5.52 Å². The highest BCUT2D eigenvalue weighted by Crippen LogP contribution is 2.36.